The van der Waals surface area contributed by atoms with Gasteiger partial charge in [0, 0.05) is 21.8 Å². The van der Waals surface area contributed by atoms with Gasteiger partial charge < -0.3 is 10.1 Å². The van der Waals surface area contributed by atoms with Gasteiger partial charge in [0.1, 0.15) is 0 Å². The summed E-state index contributed by atoms with van der Waals surface area (Å²) in [6, 6.07) is 9.01. The lowest BCUT2D eigenvalue weighted by Crippen LogP contribution is -2.12. The second-order valence-electron chi connectivity index (χ2n) is 3.93. The van der Waals surface area contributed by atoms with E-state index in [0.29, 0.717) is 20.7 Å². The maximum Gasteiger partial charge on any atom is 0.255 e. The van der Waals surface area contributed by atoms with Crippen molar-refractivity contribution in [3.8, 4) is 5.75 Å². The zero-order chi connectivity index (χ0) is 14.7. The molecule has 0 fully saturated rings. The topological polar surface area (TPSA) is 38.3 Å². The molecule has 0 saturated carbocycles. The highest BCUT2D eigenvalue weighted by molar-refractivity contribution is 9.10. The highest BCUT2D eigenvalue weighted by Gasteiger charge is 2.10. The predicted octanol–water partition coefficient (Wildman–Crippen LogP) is 4.50. The van der Waals surface area contributed by atoms with Crippen molar-refractivity contribution in [1.82, 2.24) is 0 Å². The number of anilines is 1. The minimum atomic E-state index is -0.542. The number of carbonyl (C=O) groups is 1. The molecule has 0 saturated heterocycles. The van der Waals surface area contributed by atoms with Gasteiger partial charge in [0.15, 0.2) is 11.6 Å². The van der Waals surface area contributed by atoms with Crippen molar-refractivity contribution in [3.05, 3.63) is 57.3 Å². The van der Waals surface area contributed by atoms with Gasteiger partial charge in [-0.25, -0.2) is 4.39 Å². The Morgan fingerprint density at radius 1 is 1.30 bits per heavy atom. The molecule has 0 aliphatic carbocycles. The molecular formula is C14H10BrClFNO2. The number of rotatable bonds is 3. The van der Waals surface area contributed by atoms with Gasteiger partial charge in [-0.15, -0.1) is 0 Å². The summed E-state index contributed by atoms with van der Waals surface area (Å²) in [4.78, 5) is 12.0. The van der Waals surface area contributed by atoms with Crippen molar-refractivity contribution in [3.63, 3.8) is 0 Å². The lowest BCUT2D eigenvalue weighted by molar-refractivity contribution is 0.102. The van der Waals surface area contributed by atoms with Crippen LogP contribution < -0.4 is 10.1 Å². The minimum absolute atomic E-state index is 0.120. The first-order valence-corrected chi connectivity index (χ1v) is 6.78. The number of ether oxygens (including phenoxy) is 1. The zero-order valence-corrected chi connectivity index (χ0v) is 12.8. The van der Waals surface area contributed by atoms with Gasteiger partial charge in [-0.2, -0.15) is 0 Å². The second kappa shape index (κ2) is 6.24. The molecule has 0 bridgehead atoms. The quantitative estimate of drug-likeness (QED) is 0.877. The van der Waals surface area contributed by atoms with Crippen LogP contribution in [-0.4, -0.2) is 13.0 Å². The van der Waals surface area contributed by atoms with Crippen LogP contribution in [0.5, 0.6) is 5.75 Å². The van der Waals surface area contributed by atoms with E-state index in [2.05, 4.69) is 21.2 Å². The van der Waals surface area contributed by atoms with Crippen molar-refractivity contribution in [2.24, 2.45) is 0 Å². The third kappa shape index (κ3) is 3.29. The normalized spacial score (nSPS) is 10.2. The standard InChI is InChI=1S/C14H10BrClFNO2/c1-20-13-5-3-9(7-12(13)17)18-14(19)8-2-4-10(15)11(16)6-8/h2-7H,1H3,(H,18,19). The molecular weight excluding hydrogens is 349 g/mol. The second-order valence-corrected chi connectivity index (χ2v) is 5.19. The maximum absolute atomic E-state index is 13.5. The smallest absolute Gasteiger partial charge is 0.255 e. The molecule has 1 amide bonds. The van der Waals surface area contributed by atoms with Crippen molar-refractivity contribution in [2.45, 2.75) is 0 Å². The van der Waals surface area contributed by atoms with Crippen LogP contribution in [0.25, 0.3) is 0 Å². The number of hydrogen-bond donors (Lipinski definition) is 1. The highest BCUT2D eigenvalue weighted by Crippen LogP contribution is 2.24. The summed E-state index contributed by atoms with van der Waals surface area (Å²) in [7, 11) is 1.38. The molecule has 2 aromatic carbocycles. The summed E-state index contributed by atoms with van der Waals surface area (Å²) < 4.78 is 19.0. The number of benzene rings is 2. The van der Waals surface area contributed by atoms with Gasteiger partial charge in [-0.3, -0.25) is 4.79 Å². The Morgan fingerprint density at radius 2 is 2.05 bits per heavy atom. The summed E-state index contributed by atoms with van der Waals surface area (Å²) in [5, 5.41) is 3.02. The molecule has 0 atom stereocenters. The van der Waals surface area contributed by atoms with E-state index < -0.39 is 5.82 Å². The zero-order valence-electron chi connectivity index (χ0n) is 10.4. The molecule has 0 aliphatic heterocycles. The van der Waals surface area contributed by atoms with E-state index in [0.717, 1.165) is 0 Å². The number of amides is 1. The Morgan fingerprint density at radius 3 is 2.65 bits per heavy atom. The number of carbonyl (C=O) groups excluding carboxylic acids is 1. The molecule has 0 spiro atoms. The number of nitrogens with one attached hydrogen (secondary N) is 1. The Bertz CT molecular complexity index is 664. The highest BCUT2D eigenvalue weighted by atomic mass is 79.9. The molecule has 3 nitrogen and oxygen atoms in total. The third-order valence-corrected chi connectivity index (χ3v) is 3.82. The molecule has 0 aliphatic rings. The molecule has 2 aromatic rings. The van der Waals surface area contributed by atoms with Crippen LogP contribution in [0, 0.1) is 5.82 Å². The van der Waals surface area contributed by atoms with Crippen LogP contribution >= 0.6 is 27.5 Å². The van der Waals surface area contributed by atoms with E-state index in [1.165, 1.54) is 25.3 Å². The van der Waals surface area contributed by atoms with Crippen molar-refractivity contribution in [1.29, 1.82) is 0 Å². The lowest BCUT2D eigenvalue weighted by Gasteiger charge is -2.08. The van der Waals surface area contributed by atoms with Gasteiger partial charge in [0.2, 0.25) is 0 Å². The fraction of sp³-hybridized carbons (Fsp3) is 0.0714. The molecule has 1 N–H and O–H groups in total. The summed E-state index contributed by atoms with van der Waals surface area (Å²) in [5.41, 5.74) is 0.724. The Kier molecular flexibility index (Phi) is 4.62. The lowest BCUT2D eigenvalue weighted by atomic mass is 10.2. The Hall–Kier alpha value is -1.59. The third-order valence-electron chi connectivity index (χ3n) is 2.59. The Labute approximate surface area is 128 Å². The first kappa shape index (κ1) is 14.8. The summed E-state index contributed by atoms with van der Waals surface area (Å²) >= 11 is 9.17. The fourth-order valence-electron chi connectivity index (χ4n) is 1.58. The van der Waals surface area contributed by atoms with Gasteiger partial charge in [0.25, 0.3) is 5.91 Å². The van der Waals surface area contributed by atoms with E-state index in [1.807, 2.05) is 0 Å². The molecule has 0 unspecified atom stereocenters. The molecule has 20 heavy (non-hydrogen) atoms. The predicted molar refractivity (Wildman–Crippen MR) is 80.1 cm³/mol. The van der Waals surface area contributed by atoms with E-state index in [4.69, 9.17) is 16.3 Å². The number of hydrogen-bond acceptors (Lipinski definition) is 2. The minimum Gasteiger partial charge on any atom is -0.494 e. The van der Waals surface area contributed by atoms with Gasteiger partial charge >= 0.3 is 0 Å². The molecule has 0 aromatic heterocycles. The van der Waals surface area contributed by atoms with Crippen LogP contribution in [0.2, 0.25) is 5.02 Å². The van der Waals surface area contributed by atoms with E-state index >= 15 is 0 Å². The van der Waals surface area contributed by atoms with Crippen LogP contribution in [-0.2, 0) is 0 Å². The van der Waals surface area contributed by atoms with Crippen molar-refractivity contribution >= 4 is 39.1 Å². The van der Waals surface area contributed by atoms with Crippen molar-refractivity contribution < 1.29 is 13.9 Å². The van der Waals surface area contributed by atoms with Gasteiger partial charge in [0.05, 0.1) is 12.1 Å². The van der Waals surface area contributed by atoms with E-state index in [1.54, 1.807) is 18.2 Å². The monoisotopic (exact) mass is 357 g/mol. The molecule has 0 heterocycles. The summed E-state index contributed by atoms with van der Waals surface area (Å²) in [6.07, 6.45) is 0. The SMILES string of the molecule is COc1ccc(NC(=O)c2ccc(Br)c(Cl)c2)cc1F. The number of halogens is 3. The summed E-state index contributed by atoms with van der Waals surface area (Å²) in [6.45, 7) is 0. The van der Waals surface area contributed by atoms with Crippen LogP contribution in [0.4, 0.5) is 10.1 Å². The van der Waals surface area contributed by atoms with Gasteiger partial charge in [-0.1, -0.05) is 11.6 Å². The first-order valence-electron chi connectivity index (χ1n) is 5.61. The van der Waals surface area contributed by atoms with Crippen LogP contribution in [0.1, 0.15) is 10.4 Å². The number of methoxy groups -OCH3 is 1. The molecule has 104 valence electrons. The van der Waals surface area contributed by atoms with E-state index in [9.17, 15) is 9.18 Å². The molecule has 6 heteroatoms. The average Bonchev–Trinajstić information content (AvgIpc) is 2.42. The van der Waals surface area contributed by atoms with Gasteiger partial charge in [-0.05, 0) is 46.3 Å². The largest absolute Gasteiger partial charge is 0.494 e. The first-order chi connectivity index (χ1) is 9.51. The maximum atomic E-state index is 13.5. The van der Waals surface area contributed by atoms with Crippen LogP contribution in [0.15, 0.2) is 40.9 Å². The van der Waals surface area contributed by atoms with Crippen molar-refractivity contribution in [2.75, 3.05) is 12.4 Å². The fourth-order valence-corrected chi connectivity index (χ4v) is 2.01. The van der Waals surface area contributed by atoms with Crippen LogP contribution in [0.3, 0.4) is 0 Å². The average molecular weight is 359 g/mol. The summed E-state index contributed by atoms with van der Waals surface area (Å²) in [5.74, 6) is -0.794. The molecule has 2 rings (SSSR count). The Balaban J connectivity index is 2.19. The molecule has 0 radical (unpaired) electrons. The van der Waals surface area contributed by atoms with E-state index in [-0.39, 0.29) is 11.7 Å².